The van der Waals surface area contributed by atoms with Gasteiger partial charge in [-0.2, -0.15) is 0 Å². The van der Waals surface area contributed by atoms with Crippen molar-refractivity contribution >= 4 is 41.2 Å². The van der Waals surface area contributed by atoms with Gasteiger partial charge in [0.15, 0.2) is 8.29 Å². The van der Waals surface area contributed by atoms with Gasteiger partial charge in [-0.05, 0) is 44.1 Å². The van der Waals surface area contributed by atoms with Crippen molar-refractivity contribution < 1.29 is 4.79 Å². The van der Waals surface area contributed by atoms with Crippen LogP contribution in [-0.4, -0.2) is 27.5 Å². The Hall–Kier alpha value is -1.18. The predicted molar refractivity (Wildman–Crippen MR) is 95.6 cm³/mol. The van der Waals surface area contributed by atoms with Gasteiger partial charge in [-0.3, -0.25) is 4.79 Å². The number of rotatable bonds is 6. The van der Waals surface area contributed by atoms with Crippen LogP contribution in [0.5, 0.6) is 0 Å². The molecule has 118 valence electrons. The van der Waals surface area contributed by atoms with Gasteiger partial charge >= 0.3 is 0 Å². The van der Waals surface area contributed by atoms with Gasteiger partial charge < -0.3 is 5.32 Å². The van der Waals surface area contributed by atoms with Gasteiger partial charge in [0.1, 0.15) is 0 Å². The third-order valence-corrected chi connectivity index (χ3v) is 5.49. The summed E-state index contributed by atoms with van der Waals surface area (Å²) in [4.78, 5) is 11.9. The Bertz CT molecular complexity index is 708. The van der Waals surface area contributed by atoms with Crippen LogP contribution < -0.4 is 5.32 Å². The van der Waals surface area contributed by atoms with Crippen molar-refractivity contribution in [2.75, 3.05) is 6.54 Å². The molecule has 1 aromatic carbocycles. The number of aromatic nitrogens is 2. The maximum absolute atomic E-state index is 11.9. The molecule has 1 aromatic heterocycles. The molecular weight excluding hydrogens is 334 g/mol. The first-order valence-corrected chi connectivity index (χ1v) is 9.24. The maximum atomic E-state index is 11.9. The van der Waals surface area contributed by atoms with Gasteiger partial charge in [-0.15, -0.1) is 5.10 Å². The summed E-state index contributed by atoms with van der Waals surface area (Å²) in [5, 5.41) is 7.27. The number of para-hydroxylation sites is 1. The molecule has 2 rings (SSSR count). The molecule has 1 heterocycles. The van der Waals surface area contributed by atoms with E-state index in [1.807, 2.05) is 45.0 Å². The summed E-state index contributed by atoms with van der Waals surface area (Å²) in [6, 6.07) is 7.99. The van der Waals surface area contributed by atoms with E-state index in [0.717, 1.165) is 22.0 Å². The third kappa shape index (κ3) is 4.18. The van der Waals surface area contributed by atoms with Crippen LogP contribution in [0.2, 0.25) is 0 Å². The number of thioether (sulfide) groups is 1. The monoisotopic (exact) mass is 353 g/mol. The summed E-state index contributed by atoms with van der Waals surface area (Å²) in [6.45, 7) is 6.66. The van der Waals surface area contributed by atoms with Crippen LogP contribution >= 0.6 is 35.3 Å². The highest BCUT2D eigenvalue weighted by Crippen LogP contribution is 2.28. The van der Waals surface area contributed by atoms with Crippen molar-refractivity contribution in [1.82, 2.24) is 15.1 Å². The second-order valence-corrected chi connectivity index (χ2v) is 8.09. The summed E-state index contributed by atoms with van der Waals surface area (Å²) < 4.78 is 3.28. The number of hydrogen-bond donors (Lipinski definition) is 1. The lowest BCUT2D eigenvalue weighted by atomic mass is 10.2. The fraction of sp³-hybridized carbons (Fsp3) is 0.400. The van der Waals surface area contributed by atoms with E-state index < -0.39 is 0 Å². The number of nitrogens with one attached hydrogen (secondary N) is 1. The highest BCUT2D eigenvalue weighted by Gasteiger charge is 2.17. The lowest BCUT2D eigenvalue weighted by Gasteiger charge is -2.09. The van der Waals surface area contributed by atoms with E-state index in [2.05, 4.69) is 10.4 Å². The van der Waals surface area contributed by atoms with E-state index in [1.54, 1.807) is 4.68 Å². The average molecular weight is 354 g/mol. The smallest absolute Gasteiger partial charge is 0.233 e. The van der Waals surface area contributed by atoms with Crippen molar-refractivity contribution in [3.8, 4) is 5.69 Å². The molecule has 22 heavy (non-hydrogen) atoms. The molecular formula is C15H19N3OS3. The quantitative estimate of drug-likeness (QED) is 0.630. The molecule has 1 amide bonds. The molecule has 0 bridgehead atoms. The van der Waals surface area contributed by atoms with E-state index in [-0.39, 0.29) is 11.2 Å². The van der Waals surface area contributed by atoms with Crippen LogP contribution in [0.1, 0.15) is 25.8 Å². The Labute approximate surface area is 143 Å². The second kappa shape index (κ2) is 7.89. The molecule has 0 saturated carbocycles. The minimum absolute atomic E-state index is 0.0374. The van der Waals surface area contributed by atoms with Crippen molar-refractivity contribution in [2.45, 2.75) is 36.8 Å². The fourth-order valence-corrected chi connectivity index (χ4v) is 4.37. The normalized spacial score (nSPS) is 12.1. The zero-order valence-electron chi connectivity index (χ0n) is 12.8. The van der Waals surface area contributed by atoms with Crippen LogP contribution in [-0.2, 0) is 4.79 Å². The zero-order chi connectivity index (χ0) is 16.1. The summed E-state index contributed by atoms with van der Waals surface area (Å²) in [7, 11) is 0. The van der Waals surface area contributed by atoms with Crippen molar-refractivity contribution in [3.63, 3.8) is 0 Å². The number of nitrogens with zero attached hydrogens (tertiary/aromatic N) is 2. The van der Waals surface area contributed by atoms with Gasteiger partial charge in [0.05, 0.1) is 10.9 Å². The molecule has 0 fully saturated rings. The molecule has 7 heteroatoms. The van der Waals surface area contributed by atoms with Gasteiger partial charge in [-0.25, -0.2) is 4.68 Å². The van der Waals surface area contributed by atoms with Crippen LogP contribution in [0.3, 0.4) is 0 Å². The predicted octanol–water partition coefficient (Wildman–Crippen LogP) is 3.98. The van der Waals surface area contributed by atoms with Crippen LogP contribution in [0.4, 0.5) is 0 Å². The molecule has 0 unspecified atom stereocenters. The number of amides is 1. The van der Waals surface area contributed by atoms with Gasteiger partial charge in [0.25, 0.3) is 0 Å². The first-order valence-electron chi connectivity index (χ1n) is 7.13. The van der Waals surface area contributed by atoms with Crippen molar-refractivity contribution in [2.24, 2.45) is 0 Å². The van der Waals surface area contributed by atoms with Gasteiger partial charge in [0, 0.05) is 6.54 Å². The molecule has 1 atom stereocenters. The summed E-state index contributed by atoms with van der Waals surface area (Å²) in [6.07, 6.45) is 0.934. The van der Waals surface area contributed by atoms with Crippen LogP contribution in [0, 0.1) is 10.9 Å². The first kappa shape index (κ1) is 17.2. The first-order chi connectivity index (χ1) is 10.5. The molecule has 0 aliphatic heterocycles. The van der Waals surface area contributed by atoms with E-state index in [9.17, 15) is 4.79 Å². The van der Waals surface area contributed by atoms with Gasteiger partial charge in [0.2, 0.25) is 5.91 Å². The molecule has 0 saturated heterocycles. The Morgan fingerprint density at radius 2 is 2.23 bits per heavy atom. The van der Waals surface area contributed by atoms with Crippen LogP contribution in [0.25, 0.3) is 5.69 Å². The summed E-state index contributed by atoms with van der Waals surface area (Å²) in [5.74, 6) is 0.0374. The van der Waals surface area contributed by atoms with Crippen LogP contribution in [0.15, 0.2) is 28.6 Å². The standard InChI is InChI=1S/C15H19N3OS3/c1-4-9-16-13(19)11(3)21-14-17-18(15(20)22-14)12-8-6-5-7-10(12)2/h5-8,11H,4,9H2,1-3H3,(H,16,19)/t11-/m1/s1. The molecule has 0 radical (unpaired) electrons. The number of aryl methyl sites for hydroxylation is 1. The van der Waals surface area contributed by atoms with E-state index in [0.29, 0.717) is 10.5 Å². The van der Waals surface area contributed by atoms with E-state index in [1.165, 1.54) is 23.1 Å². The molecule has 0 spiro atoms. The van der Waals surface area contributed by atoms with Crippen molar-refractivity contribution in [3.05, 3.63) is 33.8 Å². The lowest BCUT2D eigenvalue weighted by molar-refractivity contribution is -0.120. The molecule has 4 nitrogen and oxygen atoms in total. The maximum Gasteiger partial charge on any atom is 0.233 e. The second-order valence-electron chi connectivity index (χ2n) is 4.88. The number of hydrogen-bond acceptors (Lipinski definition) is 5. The molecule has 0 aliphatic carbocycles. The summed E-state index contributed by atoms with van der Waals surface area (Å²) >= 11 is 8.29. The fourth-order valence-electron chi connectivity index (χ4n) is 1.86. The average Bonchev–Trinajstić information content (AvgIpc) is 2.85. The highest BCUT2D eigenvalue weighted by molar-refractivity contribution is 8.02. The van der Waals surface area contributed by atoms with Gasteiger partial charge in [-0.1, -0.05) is 48.2 Å². The number of carbonyl (C=O) groups excluding carboxylic acids is 1. The zero-order valence-corrected chi connectivity index (χ0v) is 15.3. The molecule has 2 aromatic rings. The third-order valence-electron chi connectivity index (χ3n) is 3.07. The largest absolute Gasteiger partial charge is 0.355 e. The Balaban J connectivity index is 2.15. The highest BCUT2D eigenvalue weighted by atomic mass is 32.2. The Morgan fingerprint density at radius 3 is 2.91 bits per heavy atom. The summed E-state index contributed by atoms with van der Waals surface area (Å²) in [5.41, 5.74) is 2.10. The topological polar surface area (TPSA) is 46.9 Å². The van der Waals surface area contributed by atoms with E-state index >= 15 is 0 Å². The molecule has 0 aliphatic rings. The molecule has 1 N–H and O–H groups in total. The Morgan fingerprint density at radius 1 is 1.50 bits per heavy atom. The Kier molecular flexibility index (Phi) is 6.16. The van der Waals surface area contributed by atoms with Crippen molar-refractivity contribution in [1.29, 1.82) is 0 Å². The number of carbonyl (C=O) groups is 1. The minimum Gasteiger partial charge on any atom is -0.355 e. The minimum atomic E-state index is -0.183. The van der Waals surface area contributed by atoms with E-state index in [4.69, 9.17) is 12.2 Å². The number of benzene rings is 1. The SMILES string of the molecule is CCCNC(=O)[C@@H](C)Sc1nn(-c2ccccc2C)c(=S)s1. The lowest BCUT2D eigenvalue weighted by Crippen LogP contribution is -2.31.